The number of hydrogen-bond acceptors (Lipinski definition) is 3. The van der Waals surface area contributed by atoms with E-state index < -0.39 is 0 Å². The smallest absolute Gasteiger partial charge is 0.225 e. The van der Waals surface area contributed by atoms with Gasteiger partial charge in [0.25, 0.3) is 0 Å². The molecular formula is C17H23N3O. The Morgan fingerprint density at radius 2 is 2.19 bits per heavy atom. The molecule has 0 heterocycles. The van der Waals surface area contributed by atoms with Gasteiger partial charge in [0.1, 0.15) is 0 Å². The fourth-order valence-corrected chi connectivity index (χ4v) is 2.91. The van der Waals surface area contributed by atoms with Crippen LogP contribution in [-0.4, -0.2) is 30.9 Å². The molecule has 0 spiro atoms. The Balaban J connectivity index is 1.72. The molecule has 4 heteroatoms. The number of rotatable bonds is 6. The summed E-state index contributed by atoms with van der Waals surface area (Å²) in [5.74, 6) is 0.814. The fraction of sp³-hybridized carbons (Fsp3) is 0.529. The number of nitrogens with zero attached hydrogens (tertiary/aromatic N) is 2. The summed E-state index contributed by atoms with van der Waals surface area (Å²) in [5.41, 5.74) is 1.25. The number of nitrogens with one attached hydrogen (secondary N) is 1. The topological polar surface area (TPSA) is 56.1 Å². The average Bonchev–Trinajstić information content (AvgIpc) is 2.98. The molecule has 0 saturated heterocycles. The van der Waals surface area contributed by atoms with Crippen molar-refractivity contribution in [2.45, 2.75) is 32.1 Å². The Morgan fingerprint density at radius 3 is 2.90 bits per heavy atom. The molecule has 0 unspecified atom stereocenters. The minimum Gasteiger partial charge on any atom is -0.326 e. The maximum absolute atomic E-state index is 11.9. The molecule has 112 valence electrons. The van der Waals surface area contributed by atoms with Crippen LogP contribution in [0, 0.1) is 17.2 Å². The van der Waals surface area contributed by atoms with Crippen LogP contribution < -0.4 is 5.32 Å². The molecule has 1 amide bonds. The third-order valence-corrected chi connectivity index (χ3v) is 4.04. The van der Waals surface area contributed by atoms with Gasteiger partial charge in [0, 0.05) is 25.2 Å². The molecule has 1 fully saturated rings. The zero-order chi connectivity index (χ0) is 15.1. The van der Waals surface area contributed by atoms with Gasteiger partial charge in [-0.3, -0.25) is 4.79 Å². The molecule has 0 radical (unpaired) electrons. The van der Waals surface area contributed by atoms with E-state index in [1.807, 2.05) is 0 Å². The van der Waals surface area contributed by atoms with Gasteiger partial charge in [-0.1, -0.05) is 18.9 Å². The monoisotopic (exact) mass is 285 g/mol. The lowest BCUT2D eigenvalue weighted by Crippen LogP contribution is -2.28. The van der Waals surface area contributed by atoms with Crippen LogP contribution in [0.25, 0.3) is 0 Å². The third kappa shape index (κ3) is 5.20. The van der Waals surface area contributed by atoms with Gasteiger partial charge in [-0.05, 0) is 44.0 Å². The summed E-state index contributed by atoms with van der Waals surface area (Å²) in [4.78, 5) is 14.2. The summed E-state index contributed by atoms with van der Waals surface area (Å²) in [6, 6.07) is 9.08. The number of carbonyl (C=O) groups is 1. The van der Waals surface area contributed by atoms with Gasteiger partial charge in [-0.15, -0.1) is 0 Å². The summed E-state index contributed by atoms with van der Waals surface area (Å²) >= 11 is 0. The first-order chi connectivity index (χ1) is 10.2. The Labute approximate surface area is 126 Å². The van der Waals surface area contributed by atoms with Gasteiger partial charge in [-0.25, -0.2) is 0 Å². The van der Waals surface area contributed by atoms with Gasteiger partial charge in [0.2, 0.25) is 5.91 Å². The Bertz CT molecular complexity index is 515. The van der Waals surface area contributed by atoms with Crippen molar-refractivity contribution in [1.29, 1.82) is 5.26 Å². The number of benzene rings is 1. The molecule has 0 bridgehead atoms. The lowest BCUT2D eigenvalue weighted by molar-refractivity contribution is -0.116. The first-order valence-electron chi connectivity index (χ1n) is 7.66. The van der Waals surface area contributed by atoms with Crippen molar-refractivity contribution in [2.24, 2.45) is 5.92 Å². The Morgan fingerprint density at radius 1 is 1.43 bits per heavy atom. The molecule has 1 aromatic carbocycles. The molecule has 1 N–H and O–H groups in total. The first kappa shape index (κ1) is 15.5. The van der Waals surface area contributed by atoms with E-state index in [-0.39, 0.29) is 5.91 Å². The maximum Gasteiger partial charge on any atom is 0.225 e. The zero-order valence-electron chi connectivity index (χ0n) is 12.6. The van der Waals surface area contributed by atoms with Gasteiger partial charge in [0.15, 0.2) is 0 Å². The summed E-state index contributed by atoms with van der Waals surface area (Å²) in [5, 5.41) is 11.7. The second kappa shape index (κ2) is 7.80. The molecule has 21 heavy (non-hydrogen) atoms. The van der Waals surface area contributed by atoms with Crippen LogP contribution >= 0.6 is 0 Å². The SMILES string of the molecule is CN(CCC(=O)Nc1cccc(C#N)c1)CC1CCCC1. The highest BCUT2D eigenvalue weighted by molar-refractivity contribution is 5.90. The first-order valence-corrected chi connectivity index (χ1v) is 7.66. The third-order valence-electron chi connectivity index (χ3n) is 4.04. The largest absolute Gasteiger partial charge is 0.326 e. The van der Waals surface area contributed by atoms with Crippen molar-refractivity contribution in [3.63, 3.8) is 0 Å². The molecule has 1 aromatic rings. The fourth-order valence-electron chi connectivity index (χ4n) is 2.91. The van der Waals surface area contributed by atoms with Gasteiger partial charge >= 0.3 is 0 Å². The summed E-state index contributed by atoms with van der Waals surface area (Å²) < 4.78 is 0. The standard InChI is InChI=1S/C17H23N3O/c1-20(13-14-5-2-3-6-14)10-9-17(21)19-16-8-4-7-15(11-16)12-18/h4,7-8,11,14H,2-3,5-6,9-10,13H2,1H3,(H,19,21). The van der Waals surface area contributed by atoms with Gasteiger partial charge < -0.3 is 10.2 Å². The summed E-state index contributed by atoms with van der Waals surface area (Å²) in [6.45, 7) is 1.87. The van der Waals surface area contributed by atoms with Crippen molar-refractivity contribution in [3.05, 3.63) is 29.8 Å². The van der Waals surface area contributed by atoms with E-state index in [4.69, 9.17) is 5.26 Å². The van der Waals surface area contributed by atoms with Crippen molar-refractivity contribution < 1.29 is 4.79 Å². The zero-order valence-corrected chi connectivity index (χ0v) is 12.6. The second-order valence-electron chi connectivity index (χ2n) is 5.90. The quantitative estimate of drug-likeness (QED) is 0.874. The van der Waals surface area contributed by atoms with E-state index in [9.17, 15) is 4.79 Å². The predicted molar refractivity (Wildman–Crippen MR) is 83.9 cm³/mol. The molecular weight excluding hydrogens is 262 g/mol. The number of anilines is 1. The van der Waals surface area contributed by atoms with Crippen molar-refractivity contribution in [1.82, 2.24) is 4.90 Å². The molecule has 1 saturated carbocycles. The van der Waals surface area contributed by atoms with Gasteiger partial charge in [0.05, 0.1) is 11.6 Å². The van der Waals surface area contributed by atoms with Crippen molar-refractivity contribution >= 4 is 11.6 Å². The second-order valence-corrected chi connectivity index (χ2v) is 5.90. The van der Waals surface area contributed by atoms with Crippen LogP contribution in [0.4, 0.5) is 5.69 Å². The van der Waals surface area contributed by atoms with Crippen LogP contribution in [-0.2, 0) is 4.79 Å². The Kier molecular flexibility index (Phi) is 5.77. The lowest BCUT2D eigenvalue weighted by Gasteiger charge is -2.20. The summed E-state index contributed by atoms with van der Waals surface area (Å²) in [6.07, 6.45) is 5.86. The van der Waals surface area contributed by atoms with E-state index in [0.717, 1.165) is 19.0 Å². The number of amides is 1. The van der Waals surface area contributed by atoms with Crippen LogP contribution in [0.15, 0.2) is 24.3 Å². The maximum atomic E-state index is 11.9. The van der Waals surface area contributed by atoms with E-state index in [1.54, 1.807) is 24.3 Å². The van der Waals surface area contributed by atoms with Crippen molar-refractivity contribution in [3.8, 4) is 6.07 Å². The average molecular weight is 285 g/mol. The predicted octanol–water partition coefficient (Wildman–Crippen LogP) is 3.01. The van der Waals surface area contributed by atoms with Crippen LogP contribution in [0.2, 0.25) is 0 Å². The van der Waals surface area contributed by atoms with Crippen LogP contribution in [0.1, 0.15) is 37.7 Å². The number of hydrogen-bond donors (Lipinski definition) is 1. The van der Waals surface area contributed by atoms with E-state index in [2.05, 4.69) is 23.3 Å². The highest BCUT2D eigenvalue weighted by Crippen LogP contribution is 2.25. The number of carbonyl (C=O) groups excluding carboxylic acids is 1. The molecule has 0 atom stereocenters. The molecule has 1 aliphatic rings. The van der Waals surface area contributed by atoms with Gasteiger partial charge in [-0.2, -0.15) is 5.26 Å². The molecule has 2 rings (SSSR count). The molecule has 1 aliphatic carbocycles. The van der Waals surface area contributed by atoms with E-state index >= 15 is 0 Å². The van der Waals surface area contributed by atoms with E-state index in [1.165, 1.54) is 25.7 Å². The van der Waals surface area contributed by atoms with Crippen LogP contribution in [0.3, 0.4) is 0 Å². The normalized spacial score (nSPS) is 15.1. The minimum atomic E-state index is 0.00311. The number of nitriles is 1. The molecule has 0 aliphatic heterocycles. The molecule has 4 nitrogen and oxygen atoms in total. The molecule has 0 aromatic heterocycles. The van der Waals surface area contributed by atoms with E-state index in [0.29, 0.717) is 17.7 Å². The Hall–Kier alpha value is -1.86. The lowest BCUT2D eigenvalue weighted by atomic mass is 10.1. The minimum absolute atomic E-state index is 0.00311. The van der Waals surface area contributed by atoms with Crippen LogP contribution in [0.5, 0.6) is 0 Å². The highest BCUT2D eigenvalue weighted by Gasteiger charge is 2.17. The highest BCUT2D eigenvalue weighted by atomic mass is 16.1. The summed E-state index contributed by atoms with van der Waals surface area (Å²) in [7, 11) is 2.09. The van der Waals surface area contributed by atoms with Crippen molar-refractivity contribution in [2.75, 3.05) is 25.5 Å².